The Morgan fingerprint density at radius 1 is 1.47 bits per heavy atom. The van der Waals surface area contributed by atoms with Gasteiger partial charge in [0.1, 0.15) is 11.3 Å². The van der Waals surface area contributed by atoms with Crippen molar-refractivity contribution in [1.82, 2.24) is 15.3 Å². The Balaban J connectivity index is 2.29. The number of piperidine rings is 1. The molecule has 1 saturated heterocycles. The summed E-state index contributed by atoms with van der Waals surface area (Å²) in [6.07, 6.45) is 5.21. The highest BCUT2D eigenvalue weighted by molar-refractivity contribution is 5.24. The van der Waals surface area contributed by atoms with Crippen molar-refractivity contribution in [2.45, 2.75) is 25.4 Å². The van der Waals surface area contributed by atoms with E-state index >= 15 is 0 Å². The van der Waals surface area contributed by atoms with E-state index in [0.29, 0.717) is 11.6 Å². The fourth-order valence-electron chi connectivity index (χ4n) is 2.35. The van der Waals surface area contributed by atoms with Crippen molar-refractivity contribution >= 4 is 0 Å². The minimum absolute atomic E-state index is 0.141. The van der Waals surface area contributed by atoms with Gasteiger partial charge in [0.15, 0.2) is 0 Å². The molecule has 1 aromatic heterocycles. The van der Waals surface area contributed by atoms with Gasteiger partial charge in [0.2, 0.25) is 5.88 Å². The second-order valence-corrected chi connectivity index (χ2v) is 4.61. The molecule has 0 aromatic carbocycles. The van der Waals surface area contributed by atoms with Crippen LogP contribution in [-0.4, -0.2) is 35.3 Å². The standard InChI is InChI=1S/C12H19N3O2/c1-12(16,9-4-3-5-13-8-9)10-11(17-2)15-7-6-14-10/h6-7,9,13,16H,3-5,8H2,1-2H3. The Morgan fingerprint density at radius 3 is 2.88 bits per heavy atom. The number of nitrogens with zero attached hydrogens (tertiary/aromatic N) is 2. The number of nitrogens with one attached hydrogen (secondary N) is 1. The molecule has 1 aliphatic heterocycles. The first-order valence-electron chi connectivity index (χ1n) is 5.95. The molecular formula is C12H19N3O2. The summed E-state index contributed by atoms with van der Waals surface area (Å²) < 4.78 is 5.17. The molecule has 1 aromatic rings. The SMILES string of the molecule is COc1nccnc1C(C)(O)C1CCCNC1. The van der Waals surface area contributed by atoms with Crippen molar-refractivity contribution < 1.29 is 9.84 Å². The second kappa shape index (κ2) is 4.98. The van der Waals surface area contributed by atoms with Crippen LogP contribution in [0.4, 0.5) is 0 Å². The topological polar surface area (TPSA) is 67.3 Å². The largest absolute Gasteiger partial charge is 0.480 e. The van der Waals surface area contributed by atoms with Crippen LogP contribution in [0, 0.1) is 5.92 Å². The lowest BCUT2D eigenvalue weighted by Crippen LogP contribution is -2.43. The number of aliphatic hydroxyl groups is 1. The zero-order chi connectivity index (χ0) is 12.3. The van der Waals surface area contributed by atoms with Gasteiger partial charge in [-0.1, -0.05) is 0 Å². The number of aromatic nitrogens is 2. The number of methoxy groups -OCH3 is 1. The molecule has 2 rings (SSSR count). The first kappa shape index (κ1) is 12.3. The smallest absolute Gasteiger partial charge is 0.238 e. The predicted molar refractivity (Wildman–Crippen MR) is 63.7 cm³/mol. The second-order valence-electron chi connectivity index (χ2n) is 4.61. The minimum Gasteiger partial charge on any atom is -0.480 e. The van der Waals surface area contributed by atoms with Crippen LogP contribution < -0.4 is 10.1 Å². The van der Waals surface area contributed by atoms with Gasteiger partial charge in [-0.2, -0.15) is 0 Å². The van der Waals surface area contributed by atoms with E-state index in [2.05, 4.69) is 15.3 Å². The van der Waals surface area contributed by atoms with Gasteiger partial charge < -0.3 is 15.2 Å². The van der Waals surface area contributed by atoms with E-state index < -0.39 is 5.60 Å². The predicted octanol–water partition coefficient (Wildman–Crippen LogP) is 0.692. The molecule has 5 nitrogen and oxygen atoms in total. The number of rotatable bonds is 3. The maximum atomic E-state index is 10.7. The number of hydrogen-bond donors (Lipinski definition) is 2. The molecule has 0 amide bonds. The fourth-order valence-corrected chi connectivity index (χ4v) is 2.35. The highest BCUT2D eigenvalue weighted by atomic mass is 16.5. The Kier molecular flexibility index (Phi) is 3.59. The van der Waals surface area contributed by atoms with Gasteiger partial charge in [-0.15, -0.1) is 0 Å². The van der Waals surface area contributed by atoms with Crippen molar-refractivity contribution in [3.05, 3.63) is 18.1 Å². The minimum atomic E-state index is -1.01. The zero-order valence-corrected chi connectivity index (χ0v) is 10.3. The highest BCUT2D eigenvalue weighted by Gasteiger charge is 2.38. The monoisotopic (exact) mass is 237 g/mol. The van der Waals surface area contributed by atoms with E-state index in [4.69, 9.17) is 4.74 Å². The molecule has 2 N–H and O–H groups in total. The van der Waals surface area contributed by atoms with Crippen LogP contribution in [0.5, 0.6) is 5.88 Å². The molecule has 0 bridgehead atoms. The Bertz CT molecular complexity index is 376. The van der Waals surface area contributed by atoms with Crippen molar-refractivity contribution in [1.29, 1.82) is 0 Å². The van der Waals surface area contributed by atoms with Crippen molar-refractivity contribution in [3.8, 4) is 5.88 Å². The normalized spacial score (nSPS) is 24.1. The van der Waals surface area contributed by atoms with E-state index in [0.717, 1.165) is 25.9 Å². The molecule has 0 aliphatic carbocycles. The summed E-state index contributed by atoms with van der Waals surface area (Å²) >= 11 is 0. The lowest BCUT2D eigenvalue weighted by molar-refractivity contribution is -0.0218. The van der Waals surface area contributed by atoms with Gasteiger partial charge in [0, 0.05) is 24.9 Å². The van der Waals surface area contributed by atoms with Crippen LogP contribution in [0.3, 0.4) is 0 Å². The van der Waals surface area contributed by atoms with Crippen LogP contribution in [-0.2, 0) is 5.60 Å². The van der Waals surface area contributed by atoms with E-state index in [9.17, 15) is 5.11 Å². The Hall–Kier alpha value is -1.20. The Labute approximate surface area is 101 Å². The molecule has 1 aliphatic rings. The molecular weight excluding hydrogens is 218 g/mol. The third-order valence-corrected chi connectivity index (χ3v) is 3.43. The van der Waals surface area contributed by atoms with E-state index in [-0.39, 0.29) is 5.92 Å². The molecule has 5 heteroatoms. The van der Waals surface area contributed by atoms with Crippen LogP contribution in [0.25, 0.3) is 0 Å². The first-order valence-corrected chi connectivity index (χ1v) is 5.95. The van der Waals surface area contributed by atoms with Crippen LogP contribution in [0.1, 0.15) is 25.5 Å². The summed E-state index contributed by atoms with van der Waals surface area (Å²) in [5.74, 6) is 0.546. The maximum absolute atomic E-state index is 10.7. The molecule has 0 radical (unpaired) electrons. The third kappa shape index (κ3) is 2.40. The number of ether oxygens (including phenoxy) is 1. The van der Waals surface area contributed by atoms with Crippen molar-refractivity contribution in [3.63, 3.8) is 0 Å². The molecule has 2 unspecified atom stereocenters. The summed E-state index contributed by atoms with van der Waals surface area (Å²) in [5.41, 5.74) is -0.483. The number of hydrogen-bond acceptors (Lipinski definition) is 5. The summed E-state index contributed by atoms with van der Waals surface area (Å²) in [4.78, 5) is 8.32. The quantitative estimate of drug-likeness (QED) is 0.809. The van der Waals surface area contributed by atoms with Crippen LogP contribution >= 0.6 is 0 Å². The molecule has 2 heterocycles. The summed E-state index contributed by atoms with van der Waals surface area (Å²) in [6, 6.07) is 0. The van der Waals surface area contributed by atoms with Crippen molar-refractivity contribution in [2.75, 3.05) is 20.2 Å². The third-order valence-electron chi connectivity index (χ3n) is 3.43. The molecule has 0 saturated carbocycles. The van der Waals surface area contributed by atoms with Gasteiger partial charge in [0.05, 0.1) is 7.11 Å². The lowest BCUT2D eigenvalue weighted by atomic mass is 9.81. The molecule has 17 heavy (non-hydrogen) atoms. The summed E-state index contributed by atoms with van der Waals surface area (Å²) in [5, 5.41) is 14.0. The summed E-state index contributed by atoms with van der Waals surface area (Å²) in [7, 11) is 1.54. The maximum Gasteiger partial charge on any atom is 0.238 e. The van der Waals surface area contributed by atoms with Gasteiger partial charge in [-0.25, -0.2) is 4.98 Å². The van der Waals surface area contributed by atoms with Gasteiger partial charge in [-0.3, -0.25) is 4.98 Å². The van der Waals surface area contributed by atoms with Gasteiger partial charge >= 0.3 is 0 Å². The average molecular weight is 237 g/mol. The van der Waals surface area contributed by atoms with E-state index in [1.807, 2.05) is 0 Å². The fraction of sp³-hybridized carbons (Fsp3) is 0.667. The zero-order valence-electron chi connectivity index (χ0n) is 10.3. The Morgan fingerprint density at radius 2 is 2.24 bits per heavy atom. The lowest BCUT2D eigenvalue weighted by Gasteiger charge is -2.35. The molecule has 0 spiro atoms. The molecule has 2 atom stereocenters. The van der Waals surface area contributed by atoms with Gasteiger partial charge in [-0.05, 0) is 26.3 Å². The summed E-state index contributed by atoms with van der Waals surface area (Å²) in [6.45, 7) is 3.61. The van der Waals surface area contributed by atoms with Crippen LogP contribution in [0.15, 0.2) is 12.4 Å². The molecule has 1 fully saturated rings. The van der Waals surface area contributed by atoms with Crippen LogP contribution in [0.2, 0.25) is 0 Å². The van der Waals surface area contributed by atoms with E-state index in [1.165, 1.54) is 0 Å². The van der Waals surface area contributed by atoms with Gasteiger partial charge in [0.25, 0.3) is 0 Å². The van der Waals surface area contributed by atoms with Crippen molar-refractivity contribution in [2.24, 2.45) is 5.92 Å². The van der Waals surface area contributed by atoms with E-state index in [1.54, 1.807) is 26.4 Å². The first-order chi connectivity index (χ1) is 8.16. The molecule has 94 valence electrons. The highest BCUT2D eigenvalue weighted by Crippen LogP contribution is 2.35. The average Bonchev–Trinajstić information content (AvgIpc) is 2.39.